The lowest BCUT2D eigenvalue weighted by atomic mass is 9.95. The summed E-state index contributed by atoms with van der Waals surface area (Å²) in [6, 6.07) is 28.4. The highest BCUT2D eigenvalue weighted by atomic mass is 16.3. The molecule has 3 heteroatoms. The molecule has 0 fully saturated rings. The number of carbonyl (C=O) groups is 1. The molecule has 0 aliphatic heterocycles. The number of para-hydroxylation sites is 1. The summed E-state index contributed by atoms with van der Waals surface area (Å²) in [4.78, 5) is 12.8. The van der Waals surface area contributed by atoms with Gasteiger partial charge in [-0.3, -0.25) is 4.79 Å². The van der Waals surface area contributed by atoms with Crippen molar-refractivity contribution in [2.45, 2.75) is 13.3 Å². The van der Waals surface area contributed by atoms with Crippen LogP contribution in [0.4, 0.5) is 5.69 Å². The molecule has 0 spiro atoms. The van der Waals surface area contributed by atoms with Gasteiger partial charge in [0.05, 0.1) is 0 Å². The van der Waals surface area contributed by atoms with Gasteiger partial charge in [0, 0.05) is 28.4 Å². The van der Waals surface area contributed by atoms with Crippen LogP contribution in [0.2, 0.25) is 0 Å². The summed E-state index contributed by atoms with van der Waals surface area (Å²) in [5, 5.41) is 7.60. The highest BCUT2D eigenvalue weighted by molar-refractivity contribution is 6.06. The molecule has 5 rings (SSSR count). The Kier molecular flexibility index (Phi) is 4.28. The number of hydrogen-bond donors (Lipinski definition) is 1. The van der Waals surface area contributed by atoms with E-state index >= 15 is 0 Å². The predicted octanol–water partition coefficient (Wildman–Crippen LogP) is 6.56. The maximum Gasteiger partial charge on any atom is 0.227 e. The van der Waals surface area contributed by atoms with Crippen molar-refractivity contribution in [1.29, 1.82) is 0 Å². The van der Waals surface area contributed by atoms with E-state index in [-0.39, 0.29) is 11.8 Å². The number of fused-ring (bicyclic) bond motifs is 4. The standard InChI is InChI=1S/C26H21NO2/c1-17(15-19-9-6-8-18-7-2-3-10-21(18)19)26(28)27-20-13-14-23-22-11-4-5-12-24(22)29-25(23)16-20/h2-14,16-17H,15H2,1H3,(H,27,28)/t17-/m0/s1. The van der Waals surface area contributed by atoms with Crippen molar-refractivity contribution in [2.75, 3.05) is 5.32 Å². The molecule has 29 heavy (non-hydrogen) atoms. The molecule has 0 bridgehead atoms. The van der Waals surface area contributed by atoms with Gasteiger partial charge < -0.3 is 9.73 Å². The fourth-order valence-corrected chi connectivity index (χ4v) is 3.96. The lowest BCUT2D eigenvalue weighted by molar-refractivity contribution is -0.119. The number of nitrogens with one attached hydrogen (secondary N) is 1. The molecule has 0 aliphatic carbocycles. The van der Waals surface area contributed by atoms with Gasteiger partial charge in [-0.05, 0) is 41.0 Å². The van der Waals surface area contributed by atoms with E-state index < -0.39 is 0 Å². The van der Waals surface area contributed by atoms with E-state index in [2.05, 4.69) is 35.6 Å². The zero-order valence-corrected chi connectivity index (χ0v) is 16.2. The summed E-state index contributed by atoms with van der Waals surface area (Å²) in [5.41, 5.74) is 3.59. The summed E-state index contributed by atoms with van der Waals surface area (Å²) in [7, 11) is 0. The molecular weight excluding hydrogens is 358 g/mol. The van der Waals surface area contributed by atoms with E-state index in [0.29, 0.717) is 6.42 Å². The minimum atomic E-state index is -0.146. The van der Waals surface area contributed by atoms with E-state index in [4.69, 9.17) is 4.42 Å². The number of furan rings is 1. The first-order valence-corrected chi connectivity index (χ1v) is 9.88. The summed E-state index contributed by atoms with van der Waals surface area (Å²) >= 11 is 0. The maximum absolute atomic E-state index is 12.8. The van der Waals surface area contributed by atoms with Gasteiger partial charge in [-0.1, -0.05) is 67.6 Å². The number of hydrogen-bond acceptors (Lipinski definition) is 2. The fraction of sp³-hybridized carbons (Fsp3) is 0.115. The van der Waals surface area contributed by atoms with Crippen LogP contribution in [-0.4, -0.2) is 5.91 Å². The zero-order valence-electron chi connectivity index (χ0n) is 16.2. The van der Waals surface area contributed by atoms with Gasteiger partial charge >= 0.3 is 0 Å². The third-order valence-corrected chi connectivity index (χ3v) is 5.50. The van der Waals surface area contributed by atoms with E-state index in [1.807, 2.05) is 61.5 Å². The molecule has 5 aromatic rings. The van der Waals surface area contributed by atoms with Crippen LogP contribution in [0.5, 0.6) is 0 Å². The van der Waals surface area contributed by atoms with Crippen molar-refractivity contribution in [3.05, 3.63) is 90.5 Å². The Bertz CT molecular complexity index is 1340. The van der Waals surface area contributed by atoms with Gasteiger partial charge in [-0.2, -0.15) is 0 Å². The van der Waals surface area contributed by atoms with Crippen LogP contribution in [0.15, 0.2) is 89.3 Å². The minimum absolute atomic E-state index is 0.00777. The molecule has 0 unspecified atom stereocenters. The third-order valence-electron chi connectivity index (χ3n) is 5.50. The van der Waals surface area contributed by atoms with E-state index in [9.17, 15) is 4.79 Å². The average molecular weight is 379 g/mol. The van der Waals surface area contributed by atoms with Gasteiger partial charge in [0.1, 0.15) is 11.2 Å². The van der Waals surface area contributed by atoms with Gasteiger partial charge in [0.2, 0.25) is 5.91 Å². The monoisotopic (exact) mass is 379 g/mol. The Hall–Kier alpha value is -3.59. The Morgan fingerprint density at radius 1 is 0.828 bits per heavy atom. The van der Waals surface area contributed by atoms with Gasteiger partial charge in [-0.15, -0.1) is 0 Å². The molecule has 3 nitrogen and oxygen atoms in total. The molecule has 1 N–H and O–H groups in total. The second-order valence-corrected chi connectivity index (χ2v) is 7.54. The minimum Gasteiger partial charge on any atom is -0.456 e. The van der Waals surface area contributed by atoms with Crippen LogP contribution in [0.1, 0.15) is 12.5 Å². The van der Waals surface area contributed by atoms with Crippen LogP contribution >= 0.6 is 0 Å². The third kappa shape index (κ3) is 3.25. The number of anilines is 1. The second kappa shape index (κ2) is 7.10. The first kappa shape index (κ1) is 17.5. The van der Waals surface area contributed by atoms with Gasteiger partial charge in [0.25, 0.3) is 0 Å². The SMILES string of the molecule is C[C@@H](Cc1cccc2ccccc12)C(=O)Nc1ccc2c(c1)oc1ccccc12. The van der Waals surface area contributed by atoms with Crippen molar-refractivity contribution in [3.8, 4) is 0 Å². The first-order valence-electron chi connectivity index (χ1n) is 9.88. The van der Waals surface area contributed by atoms with Crippen molar-refractivity contribution in [1.82, 2.24) is 0 Å². The van der Waals surface area contributed by atoms with Crippen LogP contribution in [0.25, 0.3) is 32.7 Å². The molecule has 1 aromatic heterocycles. The average Bonchev–Trinajstić information content (AvgIpc) is 3.11. The van der Waals surface area contributed by atoms with Crippen LogP contribution in [0.3, 0.4) is 0 Å². The molecule has 1 atom stereocenters. The highest BCUT2D eigenvalue weighted by Gasteiger charge is 2.16. The second-order valence-electron chi connectivity index (χ2n) is 7.54. The Morgan fingerprint density at radius 2 is 1.55 bits per heavy atom. The molecule has 4 aromatic carbocycles. The zero-order chi connectivity index (χ0) is 19.8. The van der Waals surface area contributed by atoms with E-state index in [1.165, 1.54) is 16.3 Å². The molecule has 1 heterocycles. The van der Waals surface area contributed by atoms with Gasteiger partial charge in [0.15, 0.2) is 0 Å². The lowest BCUT2D eigenvalue weighted by Gasteiger charge is -2.14. The van der Waals surface area contributed by atoms with Crippen LogP contribution in [0, 0.1) is 5.92 Å². The largest absolute Gasteiger partial charge is 0.456 e. The number of amides is 1. The summed E-state index contributed by atoms with van der Waals surface area (Å²) in [6.07, 6.45) is 0.695. The highest BCUT2D eigenvalue weighted by Crippen LogP contribution is 2.30. The van der Waals surface area contributed by atoms with Crippen LogP contribution < -0.4 is 5.32 Å². The smallest absolute Gasteiger partial charge is 0.227 e. The van der Waals surface area contributed by atoms with Crippen LogP contribution in [-0.2, 0) is 11.2 Å². The van der Waals surface area contributed by atoms with E-state index in [0.717, 1.165) is 27.6 Å². The van der Waals surface area contributed by atoms with Crippen molar-refractivity contribution >= 4 is 44.3 Å². The van der Waals surface area contributed by atoms with Gasteiger partial charge in [-0.25, -0.2) is 0 Å². The Labute approximate surface area is 168 Å². The summed E-state index contributed by atoms with van der Waals surface area (Å²) in [6.45, 7) is 1.97. The molecule has 0 saturated heterocycles. The molecule has 0 aliphatic rings. The Balaban J connectivity index is 1.37. The number of rotatable bonds is 4. The normalized spacial score (nSPS) is 12.4. The maximum atomic E-state index is 12.8. The quantitative estimate of drug-likeness (QED) is 0.384. The lowest BCUT2D eigenvalue weighted by Crippen LogP contribution is -2.22. The Morgan fingerprint density at radius 3 is 2.45 bits per heavy atom. The van der Waals surface area contributed by atoms with Crippen molar-refractivity contribution in [3.63, 3.8) is 0 Å². The summed E-state index contributed by atoms with van der Waals surface area (Å²) < 4.78 is 5.93. The number of carbonyl (C=O) groups excluding carboxylic acids is 1. The number of benzene rings is 4. The molecule has 0 saturated carbocycles. The topological polar surface area (TPSA) is 42.2 Å². The van der Waals surface area contributed by atoms with Crippen molar-refractivity contribution in [2.24, 2.45) is 5.92 Å². The molecule has 0 radical (unpaired) electrons. The summed E-state index contributed by atoms with van der Waals surface area (Å²) in [5.74, 6) is -0.138. The van der Waals surface area contributed by atoms with E-state index in [1.54, 1.807) is 0 Å². The molecular formula is C26H21NO2. The predicted molar refractivity (Wildman–Crippen MR) is 119 cm³/mol. The van der Waals surface area contributed by atoms with Crippen molar-refractivity contribution < 1.29 is 9.21 Å². The first-order chi connectivity index (χ1) is 14.2. The fourth-order valence-electron chi connectivity index (χ4n) is 3.96. The molecule has 1 amide bonds. The molecule has 142 valence electrons.